The van der Waals surface area contributed by atoms with Gasteiger partial charge in [-0.25, -0.2) is 14.8 Å². The minimum Gasteiger partial charge on any atom is -0.476 e. The molecular weight excluding hydrogens is 325 g/mol. The van der Waals surface area contributed by atoms with E-state index in [1.54, 1.807) is 0 Å². The molecule has 0 atom stereocenters. The van der Waals surface area contributed by atoms with Gasteiger partial charge in [-0.2, -0.15) is 0 Å². The summed E-state index contributed by atoms with van der Waals surface area (Å²) in [5.41, 5.74) is 0.136. The van der Waals surface area contributed by atoms with Crippen molar-refractivity contribution < 1.29 is 14.7 Å². The summed E-state index contributed by atoms with van der Waals surface area (Å²) in [5.74, 6) is -1.55. The van der Waals surface area contributed by atoms with E-state index in [0.29, 0.717) is 5.01 Å². The number of nitrogens with zero attached hydrogens (tertiary/aromatic N) is 2. The Kier molecular flexibility index (Phi) is 4.53. The molecule has 1 amide bonds. The number of nitrogens with one attached hydrogen (secondary N) is 1. The van der Waals surface area contributed by atoms with Crippen LogP contribution in [0.15, 0.2) is 17.5 Å². The summed E-state index contributed by atoms with van der Waals surface area (Å²) < 4.78 is 0. The zero-order valence-electron chi connectivity index (χ0n) is 9.76. The molecule has 104 valence electrons. The van der Waals surface area contributed by atoms with E-state index in [-0.39, 0.29) is 28.1 Å². The average molecular weight is 332 g/mol. The SMILES string of the molecule is O=C(O)c1csc(CNC(=O)c2ccc(Cl)nc2Cl)n1. The molecule has 2 N–H and O–H groups in total. The number of carboxylic acid groups (broad SMARTS) is 1. The number of carboxylic acids is 1. The molecule has 0 saturated carbocycles. The predicted molar refractivity (Wildman–Crippen MR) is 74.5 cm³/mol. The molecule has 0 aliphatic carbocycles. The molecule has 0 spiro atoms. The average Bonchev–Trinajstić information content (AvgIpc) is 2.85. The maximum absolute atomic E-state index is 11.9. The van der Waals surface area contributed by atoms with Gasteiger partial charge in [-0.3, -0.25) is 4.79 Å². The fraction of sp³-hybridized carbons (Fsp3) is 0.0909. The molecule has 20 heavy (non-hydrogen) atoms. The van der Waals surface area contributed by atoms with Gasteiger partial charge >= 0.3 is 5.97 Å². The number of hydrogen-bond donors (Lipinski definition) is 2. The summed E-state index contributed by atoms with van der Waals surface area (Å²) in [6.45, 7) is 0.107. The molecule has 2 heterocycles. The van der Waals surface area contributed by atoms with E-state index in [4.69, 9.17) is 28.3 Å². The minimum absolute atomic E-state index is 0.000337. The van der Waals surface area contributed by atoms with Gasteiger partial charge in [0.25, 0.3) is 5.91 Å². The zero-order valence-corrected chi connectivity index (χ0v) is 12.1. The van der Waals surface area contributed by atoms with Crippen LogP contribution in [0.5, 0.6) is 0 Å². The molecule has 0 radical (unpaired) electrons. The van der Waals surface area contributed by atoms with Crippen LogP contribution in [-0.2, 0) is 6.54 Å². The van der Waals surface area contributed by atoms with Crippen LogP contribution in [-0.4, -0.2) is 27.0 Å². The predicted octanol–water partition coefficient (Wildman–Crippen LogP) is 2.47. The van der Waals surface area contributed by atoms with Gasteiger partial charge in [0.05, 0.1) is 12.1 Å². The zero-order chi connectivity index (χ0) is 14.7. The lowest BCUT2D eigenvalue weighted by Crippen LogP contribution is -2.23. The molecule has 2 aromatic rings. The van der Waals surface area contributed by atoms with Crippen LogP contribution in [0.4, 0.5) is 0 Å². The normalized spacial score (nSPS) is 10.3. The van der Waals surface area contributed by atoms with Crippen molar-refractivity contribution in [2.75, 3.05) is 0 Å². The molecule has 6 nitrogen and oxygen atoms in total. The number of rotatable bonds is 4. The van der Waals surface area contributed by atoms with Gasteiger partial charge in [0, 0.05) is 5.38 Å². The smallest absolute Gasteiger partial charge is 0.355 e. The summed E-state index contributed by atoms with van der Waals surface area (Å²) >= 11 is 12.6. The Morgan fingerprint density at radius 3 is 2.65 bits per heavy atom. The van der Waals surface area contributed by atoms with Crippen molar-refractivity contribution in [3.8, 4) is 0 Å². The molecule has 0 aliphatic rings. The number of amides is 1. The second-order valence-electron chi connectivity index (χ2n) is 3.59. The largest absolute Gasteiger partial charge is 0.476 e. The lowest BCUT2D eigenvalue weighted by atomic mass is 10.2. The minimum atomic E-state index is -1.11. The van der Waals surface area contributed by atoms with Crippen molar-refractivity contribution in [2.24, 2.45) is 0 Å². The Labute approximate surface area is 127 Å². The summed E-state index contributed by atoms with van der Waals surface area (Å²) in [4.78, 5) is 30.1. The first-order valence-corrected chi connectivity index (χ1v) is 6.89. The van der Waals surface area contributed by atoms with Crippen LogP contribution in [0.25, 0.3) is 0 Å². The highest BCUT2D eigenvalue weighted by Gasteiger charge is 2.13. The highest BCUT2D eigenvalue weighted by atomic mass is 35.5. The summed E-state index contributed by atoms with van der Waals surface area (Å²) in [6, 6.07) is 2.91. The molecule has 0 saturated heterocycles. The molecule has 0 aromatic carbocycles. The van der Waals surface area contributed by atoms with Gasteiger partial charge in [-0.1, -0.05) is 23.2 Å². The van der Waals surface area contributed by atoms with Crippen LogP contribution in [0, 0.1) is 0 Å². The Hall–Kier alpha value is -1.70. The first kappa shape index (κ1) is 14.7. The van der Waals surface area contributed by atoms with Gasteiger partial charge in [-0.05, 0) is 12.1 Å². The number of carbonyl (C=O) groups is 2. The summed E-state index contributed by atoms with van der Waals surface area (Å²) in [6.07, 6.45) is 0. The van der Waals surface area contributed by atoms with Gasteiger partial charge in [0.2, 0.25) is 0 Å². The Bertz CT molecular complexity index is 675. The fourth-order valence-corrected chi connectivity index (χ4v) is 2.46. The van der Waals surface area contributed by atoms with Crippen molar-refractivity contribution in [1.82, 2.24) is 15.3 Å². The highest BCUT2D eigenvalue weighted by molar-refractivity contribution is 7.09. The van der Waals surface area contributed by atoms with Crippen molar-refractivity contribution in [2.45, 2.75) is 6.54 Å². The molecule has 0 unspecified atom stereocenters. The number of aromatic nitrogens is 2. The van der Waals surface area contributed by atoms with E-state index in [1.807, 2.05) is 0 Å². The van der Waals surface area contributed by atoms with E-state index in [1.165, 1.54) is 17.5 Å². The second-order valence-corrected chi connectivity index (χ2v) is 5.27. The van der Waals surface area contributed by atoms with E-state index in [0.717, 1.165) is 11.3 Å². The molecule has 2 aromatic heterocycles. The van der Waals surface area contributed by atoms with E-state index in [2.05, 4.69) is 15.3 Å². The third kappa shape index (κ3) is 3.44. The van der Waals surface area contributed by atoms with Crippen LogP contribution < -0.4 is 5.32 Å². The number of halogens is 2. The third-order valence-electron chi connectivity index (χ3n) is 2.23. The monoisotopic (exact) mass is 331 g/mol. The second kappa shape index (κ2) is 6.17. The van der Waals surface area contributed by atoms with Crippen LogP contribution in [0.3, 0.4) is 0 Å². The van der Waals surface area contributed by atoms with E-state index in [9.17, 15) is 9.59 Å². The van der Waals surface area contributed by atoms with Crippen molar-refractivity contribution >= 4 is 46.4 Å². The molecule has 0 fully saturated rings. The van der Waals surface area contributed by atoms with Crippen molar-refractivity contribution in [3.05, 3.63) is 44.1 Å². The lowest BCUT2D eigenvalue weighted by Gasteiger charge is -2.04. The van der Waals surface area contributed by atoms with Gasteiger partial charge in [0.15, 0.2) is 5.69 Å². The first-order valence-electron chi connectivity index (χ1n) is 5.25. The maximum Gasteiger partial charge on any atom is 0.355 e. The van der Waals surface area contributed by atoms with Gasteiger partial charge in [0.1, 0.15) is 15.3 Å². The number of hydrogen-bond acceptors (Lipinski definition) is 5. The Balaban J connectivity index is 2.02. The molecule has 9 heteroatoms. The molecule has 0 aliphatic heterocycles. The number of thiazole rings is 1. The molecular formula is C11H7Cl2N3O3S. The fourth-order valence-electron chi connectivity index (χ4n) is 1.32. The highest BCUT2D eigenvalue weighted by Crippen LogP contribution is 2.17. The Morgan fingerprint density at radius 2 is 2.05 bits per heavy atom. The number of carbonyl (C=O) groups excluding carboxylic acids is 1. The first-order chi connectivity index (χ1) is 9.47. The maximum atomic E-state index is 11.9. The van der Waals surface area contributed by atoms with Crippen molar-refractivity contribution in [3.63, 3.8) is 0 Å². The van der Waals surface area contributed by atoms with E-state index >= 15 is 0 Å². The van der Waals surface area contributed by atoms with Crippen molar-refractivity contribution in [1.29, 1.82) is 0 Å². The summed E-state index contributed by atoms with van der Waals surface area (Å²) in [7, 11) is 0. The Morgan fingerprint density at radius 1 is 1.30 bits per heavy atom. The lowest BCUT2D eigenvalue weighted by molar-refractivity contribution is 0.0691. The quantitative estimate of drug-likeness (QED) is 0.839. The van der Waals surface area contributed by atoms with E-state index < -0.39 is 11.9 Å². The van der Waals surface area contributed by atoms with Crippen LogP contribution in [0.2, 0.25) is 10.3 Å². The van der Waals surface area contributed by atoms with Crippen LogP contribution >= 0.6 is 34.5 Å². The van der Waals surface area contributed by atoms with Gasteiger partial charge < -0.3 is 10.4 Å². The standard InChI is InChI=1S/C11H7Cl2N3O3S/c12-7-2-1-5(9(13)16-7)10(17)14-3-8-15-6(4-20-8)11(18)19/h1-2,4H,3H2,(H,14,17)(H,18,19). The van der Waals surface area contributed by atoms with Gasteiger partial charge in [-0.15, -0.1) is 11.3 Å². The molecule has 2 rings (SSSR count). The summed E-state index contributed by atoms with van der Waals surface area (Å²) in [5, 5.41) is 13.4. The molecule has 0 bridgehead atoms. The van der Waals surface area contributed by atoms with Crippen LogP contribution in [0.1, 0.15) is 25.9 Å². The number of aromatic carboxylic acids is 1. The third-order valence-corrected chi connectivity index (χ3v) is 3.58. The topological polar surface area (TPSA) is 92.2 Å². The number of pyridine rings is 1.